The second kappa shape index (κ2) is 4.57. The summed E-state index contributed by atoms with van der Waals surface area (Å²) in [7, 11) is -3.07. The topological polar surface area (TPSA) is 66.5 Å². The lowest BCUT2D eigenvalue weighted by Gasteiger charge is -2.37. The molecule has 0 spiro atoms. The SMILES string of the molecule is CC(C)CNC(=O)C1CN(S(=O)(=O)C2CC2)C1. The molecule has 1 aliphatic heterocycles. The fourth-order valence-corrected chi connectivity index (χ4v) is 3.77. The zero-order valence-corrected chi connectivity index (χ0v) is 11.2. The highest BCUT2D eigenvalue weighted by Crippen LogP contribution is 2.34. The summed E-state index contributed by atoms with van der Waals surface area (Å²) in [6.07, 6.45) is 1.56. The minimum Gasteiger partial charge on any atom is -0.356 e. The lowest BCUT2D eigenvalue weighted by molar-refractivity contribution is -0.128. The number of nitrogens with zero attached hydrogens (tertiary/aromatic N) is 1. The Morgan fingerprint density at radius 2 is 1.94 bits per heavy atom. The summed E-state index contributed by atoms with van der Waals surface area (Å²) < 4.78 is 25.1. The van der Waals surface area contributed by atoms with Crippen molar-refractivity contribution in [2.45, 2.75) is 31.9 Å². The van der Waals surface area contributed by atoms with Crippen molar-refractivity contribution in [3.63, 3.8) is 0 Å². The van der Waals surface area contributed by atoms with Gasteiger partial charge in [0, 0.05) is 19.6 Å². The Balaban J connectivity index is 1.76. The van der Waals surface area contributed by atoms with Crippen LogP contribution >= 0.6 is 0 Å². The molecule has 0 bridgehead atoms. The van der Waals surface area contributed by atoms with Crippen LogP contribution in [0, 0.1) is 11.8 Å². The second-order valence-corrected chi connectivity index (χ2v) is 7.61. The van der Waals surface area contributed by atoms with E-state index in [-0.39, 0.29) is 17.1 Å². The molecule has 2 fully saturated rings. The molecule has 1 saturated carbocycles. The highest BCUT2D eigenvalue weighted by atomic mass is 32.2. The summed E-state index contributed by atoms with van der Waals surface area (Å²) in [5.41, 5.74) is 0. The van der Waals surface area contributed by atoms with Crippen LogP contribution in [0.25, 0.3) is 0 Å². The van der Waals surface area contributed by atoms with E-state index in [4.69, 9.17) is 0 Å². The van der Waals surface area contributed by atoms with E-state index in [0.717, 1.165) is 12.8 Å². The molecule has 1 amide bonds. The van der Waals surface area contributed by atoms with E-state index >= 15 is 0 Å². The molecule has 0 radical (unpaired) electrons. The molecule has 0 atom stereocenters. The quantitative estimate of drug-likeness (QED) is 0.767. The second-order valence-electron chi connectivity index (χ2n) is 5.40. The van der Waals surface area contributed by atoms with Gasteiger partial charge in [0.05, 0.1) is 11.2 Å². The van der Waals surface area contributed by atoms with Gasteiger partial charge in [0.1, 0.15) is 0 Å². The zero-order valence-electron chi connectivity index (χ0n) is 10.3. The molecule has 98 valence electrons. The maximum Gasteiger partial charge on any atom is 0.225 e. The van der Waals surface area contributed by atoms with Crippen LogP contribution in [-0.4, -0.2) is 43.5 Å². The highest BCUT2D eigenvalue weighted by molar-refractivity contribution is 7.90. The Kier molecular flexibility index (Phi) is 3.45. The Morgan fingerprint density at radius 1 is 1.35 bits per heavy atom. The van der Waals surface area contributed by atoms with Crippen LogP contribution in [0.5, 0.6) is 0 Å². The summed E-state index contributed by atoms with van der Waals surface area (Å²) >= 11 is 0. The molecule has 1 saturated heterocycles. The van der Waals surface area contributed by atoms with E-state index in [2.05, 4.69) is 5.32 Å². The molecule has 2 rings (SSSR count). The average Bonchev–Trinajstić information content (AvgIpc) is 2.94. The summed E-state index contributed by atoms with van der Waals surface area (Å²) in [6.45, 7) is 5.45. The first kappa shape index (κ1) is 12.8. The lowest BCUT2D eigenvalue weighted by atomic mass is 10.0. The van der Waals surface area contributed by atoms with Gasteiger partial charge in [0.2, 0.25) is 15.9 Å². The fraction of sp³-hybridized carbons (Fsp3) is 0.909. The van der Waals surface area contributed by atoms with Gasteiger partial charge in [0.15, 0.2) is 0 Å². The maximum atomic E-state index is 11.8. The van der Waals surface area contributed by atoms with Crippen LogP contribution < -0.4 is 5.32 Å². The van der Waals surface area contributed by atoms with E-state index in [1.165, 1.54) is 4.31 Å². The molecule has 6 heteroatoms. The van der Waals surface area contributed by atoms with Crippen molar-refractivity contribution in [1.82, 2.24) is 9.62 Å². The summed E-state index contributed by atoms with van der Waals surface area (Å²) in [5, 5.41) is 2.68. The molecule has 0 aromatic heterocycles. The smallest absolute Gasteiger partial charge is 0.225 e. The first-order chi connectivity index (χ1) is 7.91. The van der Waals surface area contributed by atoms with Crippen molar-refractivity contribution in [3.05, 3.63) is 0 Å². The molecule has 0 aromatic rings. The van der Waals surface area contributed by atoms with Crippen LogP contribution in [0.3, 0.4) is 0 Å². The Bertz CT molecular complexity index is 395. The lowest BCUT2D eigenvalue weighted by Crippen LogP contribution is -2.56. The van der Waals surface area contributed by atoms with Gasteiger partial charge >= 0.3 is 0 Å². The van der Waals surface area contributed by atoms with Crippen LogP contribution in [-0.2, 0) is 14.8 Å². The van der Waals surface area contributed by atoms with Crippen LogP contribution in [0.2, 0.25) is 0 Å². The van der Waals surface area contributed by atoms with E-state index < -0.39 is 10.0 Å². The summed E-state index contributed by atoms with van der Waals surface area (Å²) in [6, 6.07) is 0. The van der Waals surface area contributed by atoms with Gasteiger partial charge in [-0.25, -0.2) is 8.42 Å². The molecule has 1 N–H and O–H groups in total. The van der Waals surface area contributed by atoms with Crippen LogP contribution in [0.15, 0.2) is 0 Å². The van der Waals surface area contributed by atoms with E-state index in [9.17, 15) is 13.2 Å². The number of hydrogen-bond acceptors (Lipinski definition) is 3. The van der Waals surface area contributed by atoms with Crippen molar-refractivity contribution in [3.8, 4) is 0 Å². The van der Waals surface area contributed by atoms with Gasteiger partial charge in [-0.3, -0.25) is 4.79 Å². The van der Waals surface area contributed by atoms with E-state index in [1.807, 2.05) is 13.8 Å². The van der Waals surface area contributed by atoms with Gasteiger partial charge in [-0.15, -0.1) is 0 Å². The number of nitrogens with one attached hydrogen (secondary N) is 1. The number of hydrogen-bond donors (Lipinski definition) is 1. The molecule has 0 unspecified atom stereocenters. The normalized spacial score (nSPS) is 22.5. The number of rotatable bonds is 5. The Hall–Kier alpha value is -0.620. The third-order valence-corrected chi connectivity index (χ3v) is 5.54. The number of amides is 1. The van der Waals surface area contributed by atoms with Crippen LogP contribution in [0.4, 0.5) is 0 Å². The summed E-state index contributed by atoms with van der Waals surface area (Å²) in [4.78, 5) is 11.7. The predicted molar refractivity (Wildman–Crippen MR) is 64.9 cm³/mol. The standard InChI is InChI=1S/C11H20N2O3S/c1-8(2)5-12-11(14)9-6-13(7-9)17(15,16)10-3-4-10/h8-10H,3-7H2,1-2H3,(H,12,14). The maximum absolute atomic E-state index is 11.8. The fourth-order valence-electron chi connectivity index (χ4n) is 1.84. The third kappa shape index (κ3) is 2.80. The molecule has 1 heterocycles. The van der Waals surface area contributed by atoms with Crippen molar-refractivity contribution < 1.29 is 13.2 Å². The molecule has 17 heavy (non-hydrogen) atoms. The Labute approximate surface area is 103 Å². The van der Waals surface area contributed by atoms with Gasteiger partial charge in [-0.1, -0.05) is 13.8 Å². The van der Waals surface area contributed by atoms with Gasteiger partial charge in [-0.05, 0) is 18.8 Å². The molecular weight excluding hydrogens is 240 g/mol. The van der Waals surface area contributed by atoms with Gasteiger partial charge in [-0.2, -0.15) is 4.31 Å². The first-order valence-corrected chi connectivity index (χ1v) is 7.68. The van der Waals surface area contributed by atoms with Crippen molar-refractivity contribution >= 4 is 15.9 Å². The molecular formula is C11H20N2O3S. The van der Waals surface area contributed by atoms with Gasteiger partial charge in [0.25, 0.3) is 0 Å². The number of carbonyl (C=O) groups is 1. The van der Waals surface area contributed by atoms with Crippen LogP contribution in [0.1, 0.15) is 26.7 Å². The summed E-state index contributed by atoms with van der Waals surface area (Å²) in [5.74, 6) is 0.258. The minimum atomic E-state index is -3.07. The Morgan fingerprint density at radius 3 is 2.41 bits per heavy atom. The molecule has 2 aliphatic rings. The van der Waals surface area contributed by atoms with Crippen molar-refractivity contribution in [2.24, 2.45) is 11.8 Å². The largest absolute Gasteiger partial charge is 0.356 e. The average molecular weight is 260 g/mol. The van der Waals surface area contributed by atoms with E-state index in [0.29, 0.717) is 25.6 Å². The monoisotopic (exact) mass is 260 g/mol. The number of carbonyl (C=O) groups excluding carboxylic acids is 1. The molecule has 5 nitrogen and oxygen atoms in total. The van der Waals surface area contributed by atoms with Crippen molar-refractivity contribution in [1.29, 1.82) is 0 Å². The molecule has 0 aromatic carbocycles. The third-order valence-electron chi connectivity index (χ3n) is 3.21. The number of sulfonamides is 1. The van der Waals surface area contributed by atoms with E-state index in [1.54, 1.807) is 0 Å². The highest BCUT2D eigenvalue weighted by Gasteiger charge is 2.46. The van der Waals surface area contributed by atoms with Crippen molar-refractivity contribution in [2.75, 3.05) is 19.6 Å². The molecule has 1 aliphatic carbocycles. The predicted octanol–water partition coefficient (Wildman–Crippen LogP) is 0.183. The zero-order chi connectivity index (χ0) is 12.6. The van der Waals surface area contributed by atoms with Gasteiger partial charge < -0.3 is 5.32 Å². The minimum absolute atomic E-state index is 0.0130. The first-order valence-electron chi connectivity index (χ1n) is 6.18.